The van der Waals surface area contributed by atoms with Crippen molar-refractivity contribution in [2.45, 2.75) is 6.54 Å². The van der Waals surface area contributed by atoms with Crippen LogP contribution in [0.4, 0.5) is 5.82 Å². The molecule has 2 aromatic heterocycles. The standard InChI is InChI=1S/C18H18N4O2S/c23-9-8-21-18(24)14-4-1-3-13(11-14)16-17(20-7-6-19-16)22-12-15-5-2-10-25-15/h1-7,10-11,23H,8-9,12H2,(H,20,22)(H,21,24). The Hall–Kier alpha value is -2.77. The number of thiophene rings is 1. The predicted octanol–water partition coefficient (Wildman–Crippen LogP) is 2.54. The highest BCUT2D eigenvalue weighted by atomic mass is 32.1. The highest BCUT2D eigenvalue weighted by molar-refractivity contribution is 7.09. The van der Waals surface area contributed by atoms with Crippen LogP contribution in [-0.4, -0.2) is 34.1 Å². The van der Waals surface area contributed by atoms with Crippen molar-refractivity contribution >= 4 is 23.1 Å². The second-order valence-corrected chi connectivity index (χ2v) is 6.28. The number of aliphatic hydroxyl groups excluding tert-OH is 1. The molecule has 25 heavy (non-hydrogen) atoms. The van der Waals surface area contributed by atoms with Gasteiger partial charge in [0.1, 0.15) is 5.69 Å². The largest absolute Gasteiger partial charge is 0.395 e. The monoisotopic (exact) mass is 354 g/mol. The van der Waals surface area contributed by atoms with Crippen molar-refractivity contribution in [3.8, 4) is 11.3 Å². The van der Waals surface area contributed by atoms with Crippen LogP contribution < -0.4 is 10.6 Å². The number of rotatable bonds is 7. The summed E-state index contributed by atoms with van der Waals surface area (Å²) in [5.74, 6) is 0.441. The van der Waals surface area contributed by atoms with Gasteiger partial charge < -0.3 is 15.7 Å². The van der Waals surface area contributed by atoms with Crippen LogP contribution >= 0.6 is 11.3 Å². The van der Waals surface area contributed by atoms with Gasteiger partial charge in [-0.1, -0.05) is 18.2 Å². The summed E-state index contributed by atoms with van der Waals surface area (Å²) < 4.78 is 0. The molecule has 0 fully saturated rings. The Morgan fingerprint density at radius 1 is 1.16 bits per heavy atom. The quantitative estimate of drug-likeness (QED) is 0.607. The van der Waals surface area contributed by atoms with E-state index >= 15 is 0 Å². The third kappa shape index (κ3) is 4.40. The van der Waals surface area contributed by atoms with E-state index in [1.54, 1.807) is 41.9 Å². The molecule has 0 saturated carbocycles. The number of benzene rings is 1. The van der Waals surface area contributed by atoms with Crippen LogP contribution in [0.3, 0.4) is 0 Å². The second kappa shape index (κ2) is 8.36. The van der Waals surface area contributed by atoms with Crippen LogP contribution in [-0.2, 0) is 6.54 Å². The Balaban J connectivity index is 1.82. The molecule has 0 unspecified atom stereocenters. The number of nitrogens with zero attached hydrogens (tertiary/aromatic N) is 2. The summed E-state index contributed by atoms with van der Waals surface area (Å²) in [5.41, 5.74) is 2.01. The van der Waals surface area contributed by atoms with Crippen molar-refractivity contribution in [3.63, 3.8) is 0 Å². The molecule has 0 aliphatic carbocycles. The van der Waals surface area contributed by atoms with Gasteiger partial charge in [-0.3, -0.25) is 9.78 Å². The number of nitrogens with one attached hydrogen (secondary N) is 2. The lowest BCUT2D eigenvalue weighted by molar-refractivity contribution is 0.0945. The average Bonchev–Trinajstić information content (AvgIpc) is 3.18. The maximum absolute atomic E-state index is 12.1. The normalized spacial score (nSPS) is 10.4. The Labute approximate surface area is 149 Å². The first-order valence-electron chi connectivity index (χ1n) is 7.84. The van der Waals surface area contributed by atoms with E-state index in [9.17, 15) is 4.79 Å². The first kappa shape index (κ1) is 17.1. The van der Waals surface area contributed by atoms with E-state index in [1.165, 1.54) is 4.88 Å². The summed E-state index contributed by atoms with van der Waals surface area (Å²) in [4.78, 5) is 22.1. The molecule has 1 aromatic carbocycles. The Kier molecular flexibility index (Phi) is 5.71. The fourth-order valence-corrected chi connectivity index (χ4v) is 2.99. The maximum atomic E-state index is 12.1. The summed E-state index contributed by atoms with van der Waals surface area (Å²) in [7, 11) is 0. The van der Waals surface area contributed by atoms with Gasteiger partial charge in [0.05, 0.1) is 13.2 Å². The third-order valence-electron chi connectivity index (χ3n) is 3.50. The predicted molar refractivity (Wildman–Crippen MR) is 98.5 cm³/mol. The molecule has 7 heteroatoms. The molecule has 0 saturated heterocycles. The van der Waals surface area contributed by atoms with Crippen molar-refractivity contribution in [2.75, 3.05) is 18.5 Å². The molecule has 6 nitrogen and oxygen atoms in total. The Morgan fingerprint density at radius 3 is 2.84 bits per heavy atom. The van der Waals surface area contributed by atoms with Gasteiger partial charge in [-0.2, -0.15) is 0 Å². The summed E-state index contributed by atoms with van der Waals surface area (Å²) >= 11 is 1.67. The fourth-order valence-electron chi connectivity index (χ4n) is 2.34. The molecule has 0 spiro atoms. The molecular weight excluding hydrogens is 336 g/mol. The molecule has 0 aliphatic rings. The van der Waals surface area contributed by atoms with Crippen LogP contribution in [0, 0.1) is 0 Å². The molecule has 0 aliphatic heterocycles. The number of anilines is 1. The molecule has 3 rings (SSSR count). The first-order valence-corrected chi connectivity index (χ1v) is 8.72. The highest BCUT2D eigenvalue weighted by Crippen LogP contribution is 2.25. The van der Waals surface area contributed by atoms with E-state index in [1.807, 2.05) is 17.5 Å². The molecule has 128 valence electrons. The summed E-state index contributed by atoms with van der Waals surface area (Å²) in [6.07, 6.45) is 3.27. The molecule has 0 atom stereocenters. The Morgan fingerprint density at radius 2 is 2.04 bits per heavy atom. The van der Waals surface area contributed by atoms with E-state index < -0.39 is 0 Å². The van der Waals surface area contributed by atoms with Crippen LogP contribution in [0.2, 0.25) is 0 Å². The fraction of sp³-hybridized carbons (Fsp3) is 0.167. The molecule has 3 aromatic rings. The lowest BCUT2D eigenvalue weighted by atomic mass is 10.1. The minimum Gasteiger partial charge on any atom is -0.395 e. The van der Waals surface area contributed by atoms with Gasteiger partial charge in [-0.05, 0) is 23.6 Å². The zero-order valence-electron chi connectivity index (χ0n) is 13.5. The molecule has 2 heterocycles. The molecule has 1 amide bonds. The number of carbonyl (C=O) groups is 1. The van der Waals surface area contributed by atoms with Gasteiger partial charge in [0.15, 0.2) is 5.82 Å². The summed E-state index contributed by atoms with van der Waals surface area (Å²) in [6, 6.07) is 11.3. The number of carbonyl (C=O) groups excluding carboxylic acids is 1. The number of amides is 1. The molecule has 0 bridgehead atoms. The lowest BCUT2D eigenvalue weighted by Gasteiger charge is -2.10. The molecule has 0 radical (unpaired) electrons. The number of hydrogen-bond acceptors (Lipinski definition) is 6. The van der Waals surface area contributed by atoms with Gasteiger partial charge in [0.25, 0.3) is 5.91 Å². The molecular formula is C18H18N4O2S. The zero-order chi connectivity index (χ0) is 17.5. The van der Waals surface area contributed by atoms with E-state index in [0.29, 0.717) is 23.6 Å². The van der Waals surface area contributed by atoms with Crippen molar-refractivity contribution < 1.29 is 9.90 Å². The van der Waals surface area contributed by atoms with Crippen LogP contribution in [0.25, 0.3) is 11.3 Å². The van der Waals surface area contributed by atoms with E-state index in [-0.39, 0.29) is 19.1 Å². The minimum atomic E-state index is -0.229. The zero-order valence-corrected chi connectivity index (χ0v) is 14.3. The van der Waals surface area contributed by atoms with Gasteiger partial charge in [0, 0.05) is 34.9 Å². The minimum absolute atomic E-state index is 0.0909. The van der Waals surface area contributed by atoms with E-state index in [2.05, 4.69) is 26.7 Å². The summed E-state index contributed by atoms with van der Waals surface area (Å²) in [5, 5.41) is 16.8. The van der Waals surface area contributed by atoms with E-state index in [4.69, 9.17) is 5.11 Å². The first-order chi connectivity index (χ1) is 12.3. The maximum Gasteiger partial charge on any atom is 0.251 e. The second-order valence-electron chi connectivity index (χ2n) is 5.25. The highest BCUT2D eigenvalue weighted by Gasteiger charge is 2.11. The van der Waals surface area contributed by atoms with Crippen molar-refractivity contribution in [1.82, 2.24) is 15.3 Å². The van der Waals surface area contributed by atoms with Crippen LogP contribution in [0.15, 0.2) is 54.2 Å². The SMILES string of the molecule is O=C(NCCO)c1cccc(-c2nccnc2NCc2cccs2)c1. The van der Waals surface area contributed by atoms with Crippen molar-refractivity contribution in [2.24, 2.45) is 0 Å². The number of hydrogen-bond donors (Lipinski definition) is 3. The summed E-state index contributed by atoms with van der Waals surface area (Å²) in [6.45, 7) is 0.800. The van der Waals surface area contributed by atoms with Crippen LogP contribution in [0.1, 0.15) is 15.2 Å². The average molecular weight is 354 g/mol. The van der Waals surface area contributed by atoms with Gasteiger partial charge >= 0.3 is 0 Å². The lowest BCUT2D eigenvalue weighted by Crippen LogP contribution is -2.26. The number of aliphatic hydroxyl groups is 1. The molecule has 3 N–H and O–H groups in total. The van der Waals surface area contributed by atoms with Gasteiger partial charge in [-0.25, -0.2) is 4.98 Å². The van der Waals surface area contributed by atoms with Crippen LogP contribution in [0.5, 0.6) is 0 Å². The van der Waals surface area contributed by atoms with Gasteiger partial charge in [-0.15, -0.1) is 11.3 Å². The smallest absolute Gasteiger partial charge is 0.251 e. The van der Waals surface area contributed by atoms with E-state index in [0.717, 1.165) is 5.56 Å². The third-order valence-corrected chi connectivity index (χ3v) is 4.38. The van der Waals surface area contributed by atoms with Gasteiger partial charge in [0.2, 0.25) is 0 Å². The topological polar surface area (TPSA) is 87.1 Å². The Bertz CT molecular complexity index is 837. The van der Waals surface area contributed by atoms with Crippen molar-refractivity contribution in [3.05, 3.63) is 64.6 Å². The number of aromatic nitrogens is 2. The van der Waals surface area contributed by atoms with Crippen molar-refractivity contribution in [1.29, 1.82) is 0 Å².